The first-order valence-electron chi connectivity index (χ1n) is 8.84. The molecule has 0 saturated heterocycles. The van der Waals surface area contributed by atoms with Gasteiger partial charge in [-0.2, -0.15) is 0 Å². The highest BCUT2D eigenvalue weighted by molar-refractivity contribution is 5.49. The Morgan fingerprint density at radius 1 is 0.818 bits per heavy atom. The molecule has 0 aromatic rings. The standard InChI is InChI=1S/C10H20O.C10H18O/c2*1-9(2)5-4-6-10(3)7-8-11/h8-10H,4-7H2,1-3H3;5,8,10H,4,6-7H2,1-3H3. The van der Waals surface area contributed by atoms with Gasteiger partial charge in [0, 0.05) is 12.8 Å². The summed E-state index contributed by atoms with van der Waals surface area (Å²) in [6.45, 7) is 12.9. The van der Waals surface area contributed by atoms with Crippen LogP contribution in [0.4, 0.5) is 0 Å². The molecule has 0 aromatic heterocycles. The first kappa shape index (κ1) is 23.3. The molecule has 0 radical (unpaired) electrons. The van der Waals surface area contributed by atoms with Crippen molar-refractivity contribution in [2.45, 2.75) is 86.5 Å². The molecule has 0 aliphatic heterocycles. The lowest BCUT2D eigenvalue weighted by Gasteiger charge is -2.08. The van der Waals surface area contributed by atoms with Gasteiger partial charge in [-0.25, -0.2) is 0 Å². The van der Waals surface area contributed by atoms with Crippen LogP contribution < -0.4 is 0 Å². The predicted molar refractivity (Wildman–Crippen MR) is 97.0 cm³/mol. The Kier molecular flexibility index (Phi) is 17.5. The van der Waals surface area contributed by atoms with Gasteiger partial charge in [-0.3, -0.25) is 0 Å². The van der Waals surface area contributed by atoms with Crippen molar-refractivity contribution in [2.75, 3.05) is 0 Å². The summed E-state index contributed by atoms with van der Waals surface area (Å²) >= 11 is 0. The number of hydrogen-bond acceptors (Lipinski definition) is 2. The van der Waals surface area contributed by atoms with E-state index in [1.54, 1.807) is 0 Å². The molecule has 0 fully saturated rings. The summed E-state index contributed by atoms with van der Waals surface area (Å²) in [5, 5.41) is 0. The molecule has 0 rings (SSSR count). The van der Waals surface area contributed by atoms with E-state index in [4.69, 9.17) is 0 Å². The highest BCUT2D eigenvalue weighted by Gasteiger charge is 2.01. The summed E-state index contributed by atoms with van der Waals surface area (Å²) in [6, 6.07) is 0. The third-order valence-corrected chi connectivity index (χ3v) is 3.69. The lowest BCUT2D eigenvalue weighted by atomic mass is 9.98. The quantitative estimate of drug-likeness (QED) is 0.346. The maximum atomic E-state index is 10.1. The molecule has 2 nitrogen and oxygen atoms in total. The van der Waals surface area contributed by atoms with Crippen LogP contribution in [0.5, 0.6) is 0 Å². The average molecular weight is 311 g/mol. The minimum Gasteiger partial charge on any atom is -0.303 e. The van der Waals surface area contributed by atoms with Gasteiger partial charge >= 0.3 is 0 Å². The first-order valence-corrected chi connectivity index (χ1v) is 8.84. The SMILES string of the molecule is CC(C)=CCCC(C)CC=O.CC(C)CCCC(C)CC=O. The van der Waals surface area contributed by atoms with Gasteiger partial charge in [0.25, 0.3) is 0 Å². The van der Waals surface area contributed by atoms with Crippen molar-refractivity contribution in [1.29, 1.82) is 0 Å². The van der Waals surface area contributed by atoms with Crippen LogP contribution >= 0.6 is 0 Å². The number of rotatable bonds is 11. The van der Waals surface area contributed by atoms with Crippen molar-refractivity contribution in [3.63, 3.8) is 0 Å². The molecule has 0 aliphatic rings. The lowest BCUT2D eigenvalue weighted by Crippen LogP contribution is -1.96. The molecule has 0 aromatic carbocycles. The van der Waals surface area contributed by atoms with E-state index < -0.39 is 0 Å². The van der Waals surface area contributed by atoms with Crippen molar-refractivity contribution in [3.8, 4) is 0 Å². The molecule has 0 spiro atoms. The van der Waals surface area contributed by atoms with E-state index in [9.17, 15) is 9.59 Å². The number of aldehydes is 2. The zero-order valence-corrected chi connectivity index (χ0v) is 15.7. The van der Waals surface area contributed by atoms with Crippen LogP contribution in [-0.2, 0) is 9.59 Å². The van der Waals surface area contributed by atoms with E-state index in [1.165, 1.54) is 24.8 Å². The number of carbonyl (C=O) groups is 2. The van der Waals surface area contributed by atoms with E-state index >= 15 is 0 Å². The normalized spacial score (nSPS) is 12.9. The fraction of sp³-hybridized carbons (Fsp3) is 0.800. The van der Waals surface area contributed by atoms with E-state index in [0.29, 0.717) is 18.3 Å². The van der Waals surface area contributed by atoms with Crippen molar-refractivity contribution in [1.82, 2.24) is 0 Å². The molecule has 22 heavy (non-hydrogen) atoms. The largest absolute Gasteiger partial charge is 0.303 e. The van der Waals surface area contributed by atoms with Crippen LogP contribution in [0, 0.1) is 17.8 Å². The molecule has 2 unspecified atom stereocenters. The first-order chi connectivity index (χ1) is 10.3. The lowest BCUT2D eigenvalue weighted by molar-refractivity contribution is -0.109. The molecule has 0 heterocycles. The molecule has 0 saturated carbocycles. The monoisotopic (exact) mass is 310 g/mol. The Balaban J connectivity index is 0. The van der Waals surface area contributed by atoms with E-state index in [2.05, 4.69) is 47.6 Å². The van der Waals surface area contributed by atoms with Gasteiger partial charge in [-0.15, -0.1) is 0 Å². The smallest absolute Gasteiger partial charge is 0.120 e. The van der Waals surface area contributed by atoms with Crippen LogP contribution in [0.2, 0.25) is 0 Å². The highest BCUT2D eigenvalue weighted by Crippen LogP contribution is 2.13. The summed E-state index contributed by atoms with van der Waals surface area (Å²) < 4.78 is 0. The van der Waals surface area contributed by atoms with Gasteiger partial charge < -0.3 is 9.59 Å². The second kappa shape index (κ2) is 16.5. The molecule has 0 aliphatic carbocycles. The van der Waals surface area contributed by atoms with Crippen LogP contribution in [0.25, 0.3) is 0 Å². The summed E-state index contributed by atoms with van der Waals surface area (Å²) in [5.74, 6) is 1.94. The third kappa shape index (κ3) is 21.4. The zero-order valence-electron chi connectivity index (χ0n) is 15.7. The van der Waals surface area contributed by atoms with Gasteiger partial charge in [0.15, 0.2) is 0 Å². The molecular formula is C20H38O2. The highest BCUT2D eigenvalue weighted by atomic mass is 16.1. The topological polar surface area (TPSA) is 34.1 Å². The fourth-order valence-electron chi connectivity index (χ4n) is 2.10. The minimum atomic E-state index is 0.545. The van der Waals surface area contributed by atoms with Crippen LogP contribution in [0.15, 0.2) is 11.6 Å². The molecule has 2 atom stereocenters. The van der Waals surface area contributed by atoms with Gasteiger partial charge in [0.05, 0.1) is 0 Å². The van der Waals surface area contributed by atoms with Crippen LogP contribution in [0.1, 0.15) is 86.5 Å². The average Bonchev–Trinajstić information content (AvgIpc) is 2.39. The fourth-order valence-corrected chi connectivity index (χ4v) is 2.10. The van der Waals surface area contributed by atoms with Crippen LogP contribution in [-0.4, -0.2) is 12.6 Å². The third-order valence-electron chi connectivity index (χ3n) is 3.69. The van der Waals surface area contributed by atoms with Crippen molar-refractivity contribution < 1.29 is 9.59 Å². The minimum absolute atomic E-state index is 0.545. The maximum Gasteiger partial charge on any atom is 0.120 e. The Labute approximate surface area is 138 Å². The molecular weight excluding hydrogens is 272 g/mol. The Bertz CT molecular complexity index is 288. The number of carbonyl (C=O) groups excluding carboxylic acids is 2. The van der Waals surface area contributed by atoms with E-state index in [1.807, 2.05) is 0 Å². The van der Waals surface area contributed by atoms with Crippen molar-refractivity contribution in [2.24, 2.45) is 17.8 Å². The number of allylic oxidation sites excluding steroid dienone is 2. The molecule has 0 bridgehead atoms. The van der Waals surface area contributed by atoms with Crippen LogP contribution in [0.3, 0.4) is 0 Å². The zero-order chi connectivity index (χ0) is 17.4. The van der Waals surface area contributed by atoms with Gasteiger partial charge in [0.1, 0.15) is 12.6 Å². The Hall–Kier alpha value is -0.920. The van der Waals surface area contributed by atoms with Crippen molar-refractivity contribution in [3.05, 3.63) is 11.6 Å². The molecule has 130 valence electrons. The van der Waals surface area contributed by atoms with Gasteiger partial charge in [-0.05, 0) is 44.4 Å². The summed E-state index contributed by atoms with van der Waals surface area (Å²) in [4.78, 5) is 20.2. The predicted octanol–water partition coefficient (Wildman–Crippen LogP) is 6.00. The maximum absolute atomic E-state index is 10.1. The molecule has 0 amide bonds. The number of hydrogen-bond donors (Lipinski definition) is 0. The Morgan fingerprint density at radius 3 is 1.73 bits per heavy atom. The van der Waals surface area contributed by atoms with Crippen molar-refractivity contribution >= 4 is 12.6 Å². The Morgan fingerprint density at radius 2 is 1.32 bits per heavy atom. The summed E-state index contributed by atoms with van der Waals surface area (Å²) in [7, 11) is 0. The van der Waals surface area contributed by atoms with Gasteiger partial charge in [0.2, 0.25) is 0 Å². The molecule has 2 heteroatoms. The second-order valence-corrected chi connectivity index (χ2v) is 7.20. The van der Waals surface area contributed by atoms with E-state index in [0.717, 1.165) is 37.8 Å². The summed E-state index contributed by atoms with van der Waals surface area (Å²) in [6.07, 6.45) is 11.7. The molecule has 0 N–H and O–H groups in total. The van der Waals surface area contributed by atoms with Gasteiger partial charge in [-0.1, -0.05) is 58.6 Å². The second-order valence-electron chi connectivity index (χ2n) is 7.20. The summed E-state index contributed by atoms with van der Waals surface area (Å²) in [5.41, 5.74) is 1.36. The van der Waals surface area contributed by atoms with E-state index in [-0.39, 0.29) is 0 Å².